The SMILES string of the molecule is COC(=O)c1cccc2c1cc(C(=O)O)n2Cc1cc(-c2ccc(Cl)s2)on1. The molecule has 4 aromatic rings. The first-order valence-electron chi connectivity index (χ1n) is 8.13. The summed E-state index contributed by atoms with van der Waals surface area (Å²) in [6, 6.07) is 11.8. The molecule has 1 aromatic carbocycles. The number of rotatable bonds is 5. The van der Waals surface area contributed by atoms with Crippen molar-refractivity contribution in [2.75, 3.05) is 7.11 Å². The first kappa shape index (κ1) is 18.3. The van der Waals surface area contributed by atoms with Crippen molar-refractivity contribution in [3.05, 3.63) is 63.8 Å². The molecule has 1 N–H and O–H groups in total. The molecule has 0 spiro atoms. The fourth-order valence-corrected chi connectivity index (χ4v) is 4.02. The van der Waals surface area contributed by atoms with Gasteiger partial charge in [0.15, 0.2) is 5.76 Å². The molecule has 0 atom stereocenters. The summed E-state index contributed by atoms with van der Waals surface area (Å²) in [6.45, 7) is 0.165. The van der Waals surface area contributed by atoms with Crippen molar-refractivity contribution in [1.29, 1.82) is 0 Å². The van der Waals surface area contributed by atoms with Crippen LogP contribution in [-0.4, -0.2) is 33.9 Å². The highest BCUT2D eigenvalue weighted by molar-refractivity contribution is 7.19. The molecule has 7 nitrogen and oxygen atoms in total. The number of nitrogens with zero attached hydrogens (tertiary/aromatic N) is 2. The summed E-state index contributed by atoms with van der Waals surface area (Å²) in [4.78, 5) is 24.6. The molecule has 0 unspecified atom stereocenters. The average Bonchev–Trinajstić information content (AvgIpc) is 3.40. The number of ether oxygens (including phenoxy) is 1. The zero-order valence-corrected chi connectivity index (χ0v) is 16.1. The minimum Gasteiger partial charge on any atom is -0.477 e. The van der Waals surface area contributed by atoms with Gasteiger partial charge in [0.2, 0.25) is 0 Å². The second kappa shape index (κ2) is 7.14. The molecule has 0 aliphatic heterocycles. The van der Waals surface area contributed by atoms with Crippen LogP contribution < -0.4 is 0 Å². The van der Waals surface area contributed by atoms with Crippen LogP contribution in [-0.2, 0) is 11.3 Å². The fourth-order valence-electron chi connectivity index (χ4n) is 3.03. The summed E-state index contributed by atoms with van der Waals surface area (Å²) in [5.41, 5.74) is 1.47. The first-order valence-corrected chi connectivity index (χ1v) is 9.32. The molecule has 0 aliphatic carbocycles. The number of aromatic carboxylic acids is 1. The quantitative estimate of drug-likeness (QED) is 0.480. The third kappa shape index (κ3) is 3.17. The molecular formula is C19H13ClN2O5S. The first-order chi connectivity index (χ1) is 13.5. The van der Waals surface area contributed by atoms with Crippen LogP contribution in [0.25, 0.3) is 21.5 Å². The summed E-state index contributed by atoms with van der Waals surface area (Å²) in [5.74, 6) is -1.09. The highest BCUT2D eigenvalue weighted by Crippen LogP contribution is 2.32. The number of carbonyl (C=O) groups is 2. The number of benzene rings is 1. The van der Waals surface area contributed by atoms with Gasteiger partial charge in [0.25, 0.3) is 0 Å². The Hall–Kier alpha value is -3.10. The van der Waals surface area contributed by atoms with Gasteiger partial charge in [0, 0.05) is 17.0 Å². The van der Waals surface area contributed by atoms with E-state index in [1.165, 1.54) is 24.5 Å². The van der Waals surface area contributed by atoms with E-state index in [-0.39, 0.29) is 12.2 Å². The summed E-state index contributed by atoms with van der Waals surface area (Å²) in [5, 5.41) is 14.2. The molecule has 0 amide bonds. The third-order valence-electron chi connectivity index (χ3n) is 4.27. The van der Waals surface area contributed by atoms with Gasteiger partial charge in [0.1, 0.15) is 11.4 Å². The number of halogens is 1. The number of methoxy groups -OCH3 is 1. The maximum Gasteiger partial charge on any atom is 0.352 e. The van der Waals surface area contributed by atoms with Crippen molar-refractivity contribution in [1.82, 2.24) is 9.72 Å². The summed E-state index contributed by atoms with van der Waals surface area (Å²) in [6.07, 6.45) is 0. The normalized spacial score (nSPS) is 11.1. The van der Waals surface area contributed by atoms with E-state index in [1.807, 2.05) is 6.07 Å². The van der Waals surface area contributed by atoms with E-state index in [0.29, 0.717) is 32.3 Å². The molecule has 0 fully saturated rings. The maximum atomic E-state index is 12.0. The Kier molecular flexibility index (Phi) is 4.66. The van der Waals surface area contributed by atoms with Gasteiger partial charge in [-0.1, -0.05) is 22.8 Å². The molecule has 4 rings (SSSR count). The number of aromatic nitrogens is 2. The van der Waals surface area contributed by atoms with Gasteiger partial charge < -0.3 is 18.9 Å². The van der Waals surface area contributed by atoms with Crippen LogP contribution >= 0.6 is 22.9 Å². The van der Waals surface area contributed by atoms with E-state index in [1.54, 1.807) is 34.9 Å². The van der Waals surface area contributed by atoms with Gasteiger partial charge in [-0.2, -0.15) is 0 Å². The van der Waals surface area contributed by atoms with E-state index in [2.05, 4.69) is 5.16 Å². The molecule has 9 heteroatoms. The predicted molar refractivity (Wildman–Crippen MR) is 104 cm³/mol. The largest absolute Gasteiger partial charge is 0.477 e. The van der Waals surface area contributed by atoms with Gasteiger partial charge in [-0.15, -0.1) is 11.3 Å². The van der Waals surface area contributed by atoms with Crippen LogP contribution in [0.4, 0.5) is 0 Å². The van der Waals surface area contributed by atoms with Crippen LogP contribution in [0.5, 0.6) is 0 Å². The summed E-state index contributed by atoms with van der Waals surface area (Å²) >= 11 is 7.31. The van der Waals surface area contributed by atoms with Crippen LogP contribution in [0.2, 0.25) is 4.34 Å². The lowest BCUT2D eigenvalue weighted by Gasteiger charge is -2.06. The minimum absolute atomic E-state index is 0.0371. The lowest BCUT2D eigenvalue weighted by molar-refractivity contribution is 0.0601. The van der Waals surface area contributed by atoms with Crippen molar-refractivity contribution >= 4 is 45.8 Å². The van der Waals surface area contributed by atoms with Crippen LogP contribution in [0.3, 0.4) is 0 Å². The molecule has 28 heavy (non-hydrogen) atoms. The van der Waals surface area contributed by atoms with Crippen molar-refractivity contribution < 1.29 is 24.0 Å². The minimum atomic E-state index is -1.11. The number of hydrogen-bond donors (Lipinski definition) is 1. The number of carboxylic acid groups (broad SMARTS) is 1. The Labute approximate surface area is 167 Å². The Balaban J connectivity index is 1.78. The maximum absolute atomic E-state index is 12.0. The molecule has 0 saturated heterocycles. The fraction of sp³-hybridized carbons (Fsp3) is 0.105. The van der Waals surface area contributed by atoms with Crippen molar-refractivity contribution in [2.24, 2.45) is 0 Å². The number of esters is 1. The standard InChI is InChI=1S/C19H13ClN2O5S/c1-26-19(25)11-3-2-4-13-12(11)8-14(18(23)24)22(13)9-10-7-15(27-21-10)16-5-6-17(20)28-16/h2-8H,9H2,1H3,(H,23,24). The molecule has 3 heterocycles. The molecule has 0 bridgehead atoms. The highest BCUT2D eigenvalue weighted by Gasteiger charge is 2.21. The van der Waals surface area contributed by atoms with E-state index in [0.717, 1.165) is 4.88 Å². The van der Waals surface area contributed by atoms with E-state index >= 15 is 0 Å². The molecule has 142 valence electrons. The molecule has 0 aliphatic rings. The number of hydrogen-bond acceptors (Lipinski definition) is 6. The van der Waals surface area contributed by atoms with E-state index in [9.17, 15) is 14.7 Å². The predicted octanol–water partition coefficient (Wildman–Crippen LogP) is 4.54. The molecule has 3 aromatic heterocycles. The van der Waals surface area contributed by atoms with Crippen LogP contribution in [0.1, 0.15) is 26.5 Å². The topological polar surface area (TPSA) is 94.6 Å². The molecular weight excluding hydrogens is 404 g/mol. The van der Waals surface area contributed by atoms with Crippen molar-refractivity contribution in [2.45, 2.75) is 6.54 Å². The van der Waals surface area contributed by atoms with Crippen LogP contribution in [0.15, 0.2) is 47.0 Å². The van der Waals surface area contributed by atoms with Gasteiger partial charge >= 0.3 is 11.9 Å². The Morgan fingerprint density at radius 3 is 2.79 bits per heavy atom. The van der Waals surface area contributed by atoms with Gasteiger partial charge in [-0.25, -0.2) is 9.59 Å². The third-order valence-corrected chi connectivity index (χ3v) is 5.51. The Morgan fingerprint density at radius 1 is 1.29 bits per heavy atom. The number of carboxylic acids is 1. The van der Waals surface area contributed by atoms with Gasteiger partial charge in [-0.05, 0) is 30.3 Å². The zero-order chi connectivity index (χ0) is 19.8. The lowest BCUT2D eigenvalue weighted by atomic mass is 10.1. The number of carbonyl (C=O) groups excluding carboxylic acids is 1. The second-order valence-electron chi connectivity index (χ2n) is 5.94. The second-order valence-corrected chi connectivity index (χ2v) is 7.65. The molecule has 0 saturated carbocycles. The zero-order valence-electron chi connectivity index (χ0n) is 14.5. The van der Waals surface area contributed by atoms with Crippen molar-refractivity contribution in [3.8, 4) is 10.6 Å². The molecule has 0 radical (unpaired) electrons. The highest BCUT2D eigenvalue weighted by atomic mass is 35.5. The van der Waals surface area contributed by atoms with Crippen LogP contribution in [0, 0.1) is 0 Å². The van der Waals surface area contributed by atoms with Gasteiger partial charge in [-0.3, -0.25) is 0 Å². The Bertz CT molecular complexity index is 1210. The van der Waals surface area contributed by atoms with E-state index in [4.69, 9.17) is 20.9 Å². The van der Waals surface area contributed by atoms with Gasteiger partial charge in [0.05, 0.1) is 28.4 Å². The van der Waals surface area contributed by atoms with E-state index < -0.39 is 11.9 Å². The number of thiophene rings is 1. The summed E-state index contributed by atoms with van der Waals surface area (Å²) < 4.78 is 12.4. The number of fused-ring (bicyclic) bond motifs is 1. The summed E-state index contributed by atoms with van der Waals surface area (Å²) in [7, 11) is 1.28. The monoisotopic (exact) mass is 416 g/mol. The lowest BCUT2D eigenvalue weighted by Crippen LogP contribution is -2.09. The van der Waals surface area contributed by atoms with Crippen molar-refractivity contribution in [3.63, 3.8) is 0 Å². The average molecular weight is 417 g/mol. The Morgan fingerprint density at radius 2 is 2.11 bits per heavy atom. The smallest absolute Gasteiger partial charge is 0.352 e.